The second kappa shape index (κ2) is 19.0. The first-order valence-corrected chi connectivity index (χ1v) is 19.7. The van der Waals surface area contributed by atoms with Gasteiger partial charge in [-0.1, -0.05) is 102 Å². The number of aromatic nitrogens is 1. The lowest BCUT2D eigenvalue weighted by Gasteiger charge is -2.29. The predicted octanol–water partition coefficient (Wildman–Crippen LogP) is 6.89. The lowest BCUT2D eigenvalue weighted by molar-refractivity contribution is -0.150. The minimum absolute atomic E-state index is 0.165. The zero-order chi connectivity index (χ0) is 35.2. The summed E-state index contributed by atoms with van der Waals surface area (Å²) in [5, 5.41) is 6.56. The number of nitrogen functional groups attached to an aromatic ring is 1. The van der Waals surface area contributed by atoms with Crippen LogP contribution >= 0.6 is 30.5 Å². The Morgan fingerprint density at radius 2 is 1.27 bits per heavy atom. The molecule has 3 aromatic carbocycles. The molecule has 0 amide bonds. The summed E-state index contributed by atoms with van der Waals surface area (Å²) in [4.78, 5) is 32.4. The predicted molar refractivity (Wildman–Crippen MR) is 196 cm³/mol. The van der Waals surface area contributed by atoms with E-state index in [1.807, 2.05) is 91.0 Å². The molecule has 0 aliphatic carbocycles. The lowest BCUT2D eigenvalue weighted by atomic mass is 10.1. The van der Waals surface area contributed by atoms with E-state index in [4.69, 9.17) is 19.9 Å². The Morgan fingerprint density at radius 1 is 0.796 bits per heavy atom. The van der Waals surface area contributed by atoms with Crippen molar-refractivity contribution in [1.29, 1.82) is 0 Å². The molecule has 49 heavy (non-hydrogen) atoms. The van der Waals surface area contributed by atoms with E-state index in [-0.39, 0.29) is 25.8 Å². The van der Waals surface area contributed by atoms with Crippen LogP contribution in [-0.2, 0) is 47.6 Å². The molecule has 0 aliphatic rings. The van der Waals surface area contributed by atoms with E-state index in [9.17, 15) is 14.2 Å². The molecule has 262 valence electrons. The number of nitrogens with zero attached hydrogens (tertiary/aromatic N) is 1. The van der Waals surface area contributed by atoms with Crippen molar-refractivity contribution in [1.82, 2.24) is 15.2 Å². The highest BCUT2D eigenvalue weighted by Crippen LogP contribution is 2.40. The van der Waals surface area contributed by atoms with Gasteiger partial charge in [0, 0.05) is 11.3 Å². The molecule has 4 rings (SSSR count). The number of ether oxygens (including phenoxy) is 3. The van der Waals surface area contributed by atoms with Crippen molar-refractivity contribution in [3.8, 4) is 0 Å². The Labute approximate surface area is 297 Å². The number of rotatable bonds is 19. The summed E-state index contributed by atoms with van der Waals surface area (Å²) in [6, 6.07) is 26.7. The van der Waals surface area contributed by atoms with Gasteiger partial charge in [-0.15, -0.1) is 0 Å². The number of esters is 2. The molecule has 1 heterocycles. The van der Waals surface area contributed by atoms with Crippen molar-refractivity contribution in [2.45, 2.75) is 80.4 Å². The smallest absolute Gasteiger partial charge is 0.324 e. The van der Waals surface area contributed by atoms with Crippen molar-refractivity contribution in [3.63, 3.8) is 0 Å². The van der Waals surface area contributed by atoms with Crippen molar-refractivity contribution in [3.05, 3.63) is 108 Å². The molecule has 0 bridgehead atoms. The summed E-state index contributed by atoms with van der Waals surface area (Å²) in [7, 11) is -3.85. The highest BCUT2D eigenvalue weighted by atomic mass is 32.2. The number of carbonyl (C=O) groups is 2. The van der Waals surface area contributed by atoms with Crippen LogP contribution in [0.5, 0.6) is 0 Å². The van der Waals surface area contributed by atoms with E-state index < -0.39 is 43.7 Å². The average Bonchev–Trinajstić information content (AvgIpc) is 3.41. The fourth-order valence-corrected chi connectivity index (χ4v) is 8.96. The molecule has 0 spiro atoms. The summed E-state index contributed by atoms with van der Waals surface area (Å²) >= 11 is 2.97. The van der Waals surface area contributed by atoms with Crippen molar-refractivity contribution < 1.29 is 28.4 Å². The van der Waals surface area contributed by atoms with Crippen molar-refractivity contribution in [2.75, 3.05) is 18.7 Å². The standard InChI is InChI=1S/C36H45N4O6PS2/c1-25(2)45-33(41)31(22-27-14-8-5-9-15-27)39-47(43,40-32(34(42)46-26(3)4)23-28-16-10-6-11-17-28)24-44-21-20-30-35(49-36(37)38-30)48-29-18-12-7-13-19-29/h5-19,25-26,31-32H,20-24H2,1-4H3,(H2,37,38)(H2,39,40,43)/t31-,32-/m0/s1. The molecule has 2 atom stereocenters. The molecular formula is C36H45N4O6PS2. The summed E-state index contributed by atoms with van der Waals surface area (Å²) in [6.07, 6.45) is -0.289. The highest BCUT2D eigenvalue weighted by Gasteiger charge is 2.36. The topological polar surface area (TPSA) is 142 Å². The van der Waals surface area contributed by atoms with Crippen LogP contribution in [0.25, 0.3) is 0 Å². The number of benzene rings is 3. The molecule has 4 N–H and O–H groups in total. The first-order chi connectivity index (χ1) is 23.5. The van der Waals surface area contributed by atoms with Crippen LogP contribution in [-0.4, -0.2) is 54.2 Å². The highest BCUT2D eigenvalue weighted by molar-refractivity contribution is 8.01. The summed E-state index contributed by atoms with van der Waals surface area (Å²) in [6.45, 7) is 7.19. The molecule has 0 fully saturated rings. The molecule has 1 aromatic heterocycles. The SMILES string of the molecule is CC(C)OC(=O)[C@H](Cc1ccccc1)NP(=O)(COCCc1nc(N)sc1Sc1ccccc1)N[C@@H](Cc1ccccc1)C(=O)OC(C)C. The van der Waals surface area contributed by atoms with Gasteiger partial charge in [0.05, 0.1) is 28.7 Å². The van der Waals surface area contributed by atoms with Gasteiger partial charge in [0.25, 0.3) is 0 Å². The lowest BCUT2D eigenvalue weighted by Crippen LogP contribution is -2.47. The van der Waals surface area contributed by atoms with Crippen LogP contribution in [0.15, 0.2) is 100 Å². The zero-order valence-corrected chi connectivity index (χ0v) is 30.8. The largest absolute Gasteiger partial charge is 0.462 e. The van der Waals surface area contributed by atoms with Gasteiger partial charge < -0.3 is 19.9 Å². The van der Waals surface area contributed by atoms with Gasteiger partial charge in [-0.2, -0.15) is 0 Å². The number of nitrogens with one attached hydrogen (secondary N) is 2. The van der Waals surface area contributed by atoms with Gasteiger partial charge in [0.1, 0.15) is 18.4 Å². The molecular weight excluding hydrogens is 680 g/mol. The molecule has 0 saturated heterocycles. The molecule has 0 unspecified atom stereocenters. The van der Waals surface area contributed by atoms with Crippen LogP contribution in [0.1, 0.15) is 44.5 Å². The Kier molecular flexibility index (Phi) is 14.9. The Morgan fingerprint density at radius 3 is 1.73 bits per heavy atom. The Balaban J connectivity index is 1.58. The fourth-order valence-electron chi connectivity index (χ4n) is 4.86. The number of hydrogen-bond acceptors (Lipinski definition) is 10. The van der Waals surface area contributed by atoms with E-state index in [0.29, 0.717) is 11.6 Å². The monoisotopic (exact) mass is 724 g/mol. The maximum Gasteiger partial charge on any atom is 0.324 e. The molecule has 13 heteroatoms. The second-order valence-electron chi connectivity index (χ2n) is 11.9. The molecule has 10 nitrogen and oxygen atoms in total. The fraction of sp³-hybridized carbons (Fsp3) is 0.361. The van der Waals surface area contributed by atoms with Gasteiger partial charge in [0.15, 0.2) is 5.13 Å². The van der Waals surface area contributed by atoms with Crippen LogP contribution < -0.4 is 15.9 Å². The Hall–Kier alpha value is -3.51. The normalized spacial score (nSPS) is 12.9. The van der Waals surface area contributed by atoms with Gasteiger partial charge in [-0.3, -0.25) is 14.2 Å². The molecule has 0 radical (unpaired) electrons. The van der Waals surface area contributed by atoms with Crippen LogP contribution in [0, 0.1) is 0 Å². The minimum Gasteiger partial charge on any atom is -0.462 e. The average molecular weight is 725 g/mol. The number of carbonyl (C=O) groups excluding carboxylic acids is 2. The third kappa shape index (κ3) is 13.0. The quantitative estimate of drug-likeness (QED) is 0.0529. The van der Waals surface area contributed by atoms with E-state index in [1.165, 1.54) is 11.3 Å². The molecule has 0 aliphatic heterocycles. The maximum absolute atomic E-state index is 14.9. The van der Waals surface area contributed by atoms with Crippen molar-refractivity contribution >= 4 is 47.6 Å². The van der Waals surface area contributed by atoms with Gasteiger partial charge in [0.2, 0.25) is 7.44 Å². The van der Waals surface area contributed by atoms with Gasteiger partial charge >= 0.3 is 11.9 Å². The second-order valence-corrected chi connectivity index (χ2v) is 16.6. The summed E-state index contributed by atoms with van der Waals surface area (Å²) in [5.41, 5.74) is 8.53. The number of nitrogens with two attached hydrogens (primary N) is 1. The first kappa shape index (κ1) is 38.3. The van der Waals surface area contributed by atoms with E-state index in [1.54, 1.807) is 39.5 Å². The third-order valence-corrected chi connectivity index (χ3v) is 11.1. The number of hydrogen-bond donors (Lipinski definition) is 3. The summed E-state index contributed by atoms with van der Waals surface area (Å²) < 4.78 is 33.1. The van der Waals surface area contributed by atoms with Crippen LogP contribution in [0.4, 0.5) is 5.13 Å². The van der Waals surface area contributed by atoms with E-state index in [2.05, 4.69) is 15.2 Å². The molecule has 4 aromatic rings. The van der Waals surface area contributed by atoms with Gasteiger partial charge in [-0.25, -0.2) is 15.2 Å². The number of anilines is 1. The molecule has 0 saturated carbocycles. The van der Waals surface area contributed by atoms with Crippen LogP contribution in [0.3, 0.4) is 0 Å². The minimum atomic E-state index is -3.85. The van der Waals surface area contributed by atoms with Gasteiger partial charge in [-0.05, 0) is 63.8 Å². The third-order valence-electron chi connectivity index (χ3n) is 6.95. The van der Waals surface area contributed by atoms with E-state index >= 15 is 0 Å². The Bertz CT molecular complexity index is 1580. The number of thiazole rings is 1. The maximum atomic E-state index is 14.9. The zero-order valence-electron chi connectivity index (χ0n) is 28.2. The summed E-state index contributed by atoms with van der Waals surface area (Å²) in [5.74, 6) is -1.13. The van der Waals surface area contributed by atoms with E-state index in [0.717, 1.165) is 25.9 Å². The van der Waals surface area contributed by atoms with Crippen molar-refractivity contribution in [2.24, 2.45) is 0 Å². The van der Waals surface area contributed by atoms with Crippen LogP contribution in [0.2, 0.25) is 0 Å². The first-order valence-electron chi connectivity index (χ1n) is 16.2.